The molecule has 0 aliphatic rings. The first-order valence-electron chi connectivity index (χ1n) is 4.94. The summed E-state index contributed by atoms with van der Waals surface area (Å²) in [6, 6.07) is 8.40. The molecule has 0 aliphatic heterocycles. The summed E-state index contributed by atoms with van der Waals surface area (Å²) < 4.78 is 33.0. The number of rotatable bonds is 4. The Morgan fingerprint density at radius 3 is 2.71 bits per heavy atom. The smallest absolute Gasteiger partial charge is 0.315 e. The number of aryl methyl sites for hydroxylation is 1. The van der Waals surface area contributed by atoms with Crippen molar-refractivity contribution in [2.75, 3.05) is 0 Å². The summed E-state index contributed by atoms with van der Waals surface area (Å²) in [7, 11) is -3.70. The van der Waals surface area contributed by atoms with Crippen LogP contribution in [0.25, 0.3) is 0 Å². The SMILES string of the molecule is Cc1ccccc1OS(=O)(=O)Cc1ccon1. The van der Waals surface area contributed by atoms with Crippen LogP contribution in [-0.4, -0.2) is 13.6 Å². The summed E-state index contributed by atoms with van der Waals surface area (Å²) in [6.45, 7) is 1.78. The van der Waals surface area contributed by atoms with Gasteiger partial charge in [0.1, 0.15) is 23.5 Å². The third kappa shape index (κ3) is 3.07. The van der Waals surface area contributed by atoms with Crippen LogP contribution >= 0.6 is 0 Å². The van der Waals surface area contributed by atoms with Gasteiger partial charge in [0.05, 0.1) is 0 Å². The standard InChI is InChI=1S/C11H11NO4S/c1-9-4-2-3-5-11(9)16-17(13,14)8-10-6-7-15-12-10/h2-7H,8H2,1H3. The lowest BCUT2D eigenvalue weighted by Crippen LogP contribution is -2.12. The highest BCUT2D eigenvalue weighted by atomic mass is 32.2. The molecular weight excluding hydrogens is 242 g/mol. The lowest BCUT2D eigenvalue weighted by atomic mass is 10.2. The van der Waals surface area contributed by atoms with Crippen molar-refractivity contribution in [2.45, 2.75) is 12.7 Å². The highest BCUT2D eigenvalue weighted by Gasteiger charge is 2.16. The van der Waals surface area contributed by atoms with E-state index in [1.165, 1.54) is 12.3 Å². The molecule has 0 atom stereocenters. The molecule has 0 aliphatic carbocycles. The van der Waals surface area contributed by atoms with E-state index in [0.717, 1.165) is 5.56 Å². The van der Waals surface area contributed by atoms with Gasteiger partial charge in [-0.1, -0.05) is 23.4 Å². The van der Waals surface area contributed by atoms with E-state index in [4.69, 9.17) is 4.18 Å². The summed E-state index contributed by atoms with van der Waals surface area (Å²) in [5.41, 5.74) is 1.08. The van der Waals surface area contributed by atoms with E-state index in [0.29, 0.717) is 11.4 Å². The van der Waals surface area contributed by atoms with E-state index in [2.05, 4.69) is 9.68 Å². The molecule has 0 amide bonds. The quantitative estimate of drug-likeness (QED) is 0.778. The highest BCUT2D eigenvalue weighted by molar-refractivity contribution is 7.86. The molecule has 6 heteroatoms. The lowest BCUT2D eigenvalue weighted by Gasteiger charge is -2.07. The van der Waals surface area contributed by atoms with Crippen molar-refractivity contribution in [2.24, 2.45) is 0 Å². The normalized spacial score (nSPS) is 11.4. The van der Waals surface area contributed by atoms with E-state index < -0.39 is 10.1 Å². The second-order valence-electron chi connectivity index (χ2n) is 3.54. The van der Waals surface area contributed by atoms with E-state index in [1.807, 2.05) is 6.07 Å². The molecular formula is C11H11NO4S. The molecule has 2 rings (SSSR count). The van der Waals surface area contributed by atoms with Gasteiger partial charge in [-0.2, -0.15) is 8.42 Å². The second kappa shape index (κ2) is 4.58. The molecule has 90 valence electrons. The van der Waals surface area contributed by atoms with Crippen LogP contribution in [0.4, 0.5) is 0 Å². The molecule has 2 aromatic rings. The molecule has 0 fully saturated rings. The van der Waals surface area contributed by atoms with Crippen molar-refractivity contribution < 1.29 is 17.1 Å². The fraction of sp³-hybridized carbons (Fsp3) is 0.182. The number of para-hydroxylation sites is 1. The van der Waals surface area contributed by atoms with Crippen molar-refractivity contribution in [3.8, 4) is 5.75 Å². The van der Waals surface area contributed by atoms with Crippen molar-refractivity contribution in [3.63, 3.8) is 0 Å². The fourth-order valence-corrected chi connectivity index (χ4v) is 2.34. The fourth-order valence-electron chi connectivity index (χ4n) is 1.31. The van der Waals surface area contributed by atoms with Crippen molar-refractivity contribution in [1.82, 2.24) is 5.16 Å². The van der Waals surface area contributed by atoms with Crippen LogP contribution in [0.3, 0.4) is 0 Å². The maximum atomic E-state index is 11.7. The monoisotopic (exact) mass is 253 g/mol. The number of hydrogen-bond donors (Lipinski definition) is 0. The Morgan fingerprint density at radius 2 is 2.06 bits per heavy atom. The summed E-state index contributed by atoms with van der Waals surface area (Å²) in [5.74, 6) is 0.0219. The van der Waals surface area contributed by atoms with Crippen LogP contribution < -0.4 is 4.18 Å². The molecule has 1 aromatic heterocycles. The molecule has 0 spiro atoms. The van der Waals surface area contributed by atoms with E-state index in [-0.39, 0.29) is 5.75 Å². The molecule has 0 unspecified atom stereocenters. The maximum Gasteiger partial charge on any atom is 0.315 e. The Morgan fingerprint density at radius 1 is 1.29 bits per heavy atom. The zero-order valence-electron chi connectivity index (χ0n) is 9.16. The van der Waals surface area contributed by atoms with Crippen LogP contribution in [-0.2, 0) is 15.9 Å². The average molecular weight is 253 g/mol. The van der Waals surface area contributed by atoms with Gasteiger partial charge in [-0.15, -0.1) is 0 Å². The zero-order chi connectivity index (χ0) is 12.3. The first-order chi connectivity index (χ1) is 8.07. The number of nitrogens with zero attached hydrogens (tertiary/aromatic N) is 1. The van der Waals surface area contributed by atoms with Gasteiger partial charge < -0.3 is 8.71 Å². The van der Waals surface area contributed by atoms with Crippen LogP contribution in [0.5, 0.6) is 5.75 Å². The predicted molar refractivity (Wildman–Crippen MR) is 60.9 cm³/mol. The van der Waals surface area contributed by atoms with Gasteiger partial charge in [0.15, 0.2) is 0 Å². The first-order valence-corrected chi connectivity index (χ1v) is 6.51. The van der Waals surface area contributed by atoms with Crippen molar-refractivity contribution >= 4 is 10.1 Å². The van der Waals surface area contributed by atoms with Gasteiger partial charge in [-0.05, 0) is 18.6 Å². The zero-order valence-corrected chi connectivity index (χ0v) is 9.98. The summed E-state index contributed by atoms with van der Waals surface area (Å²) >= 11 is 0. The lowest BCUT2D eigenvalue weighted by molar-refractivity contribution is 0.412. The molecule has 5 nitrogen and oxygen atoms in total. The third-order valence-electron chi connectivity index (χ3n) is 2.13. The molecule has 0 bridgehead atoms. The Balaban J connectivity index is 2.16. The molecule has 0 saturated heterocycles. The molecule has 0 radical (unpaired) electrons. The topological polar surface area (TPSA) is 69.4 Å². The van der Waals surface area contributed by atoms with Crippen molar-refractivity contribution in [1.29, 1.82) is 0 Å². The average Bonchev–Trinajstić information content (AvgIpc) is 2.73. The van der Waals surface area contributed by atoms with Crippen LogP contribution in [0, 0.1) is 6.92 Å². The Kier molecular flexibility index (Phi) is 3.14. The minimum atomic E-state index is -3.70. The Bertz CT molecular complexity index is 590. The van der Waals surface area contributed by atoms with Gasteiger partial charge in [-0.3, -0.25) is 0 Å². The third-order valence-corrected chi connectivity index (χ3v) is 3.21. The van der Waals surface area contributed by atoms with E-state index in [9.17, 15) is 8.42 Å². The molecule has 1 aromatic carbocycles. The molecule has 1 heterocycles. The minimum absolute atomic E-state index is 0.308. The largest absolute Gasteiger partial charge is 0.382 e. The highest BCUT2D eigenvalue weighted by Crippen LogP contribution is 2.19. The Hall–Kier alpha value is -1.82. The van der Waals surface area contributed by atoms with E-state index >= 15 is 0 Å². The van der Waals surface area contributed by atoms with Crippen LogP contribution in [0.1, 0.15) is 11.3 Å². The van der Waals surface area contributed by atoms with Gasteiger partial charge in [-0.25, -0.2) is 0 Å². The summed E-state index contributed by atoms with van der Waals surface area (Å²) in [6.07, 6.45) is 1.32. The van der Waals surface area contributed by atoms with Crippen molar-refractivity contribution in [3.05, 3.63) is 47.9 Å². The maximum absolute atomic E-state index is 11.7. The molecule has 0 N–H and O–H groups in total. The molecule has 17 heavy (non-hydrogen) atoms. The predicted octanol–water partition coefficient (Wildman–Crippen LogP) is 1.89. The second-order valence-corrected chi connectivity index (χ2v) is 5.11. The number of hydrogen-bond acceptors (Lipinski definition) is 5. The number of aromatic nitrogens is 1. The van der Waals surface area contributed by atoms with Crippen LogP contribution in [0.2, 0.25) is 0 Å². The van der Waals surface area contributed by atoms with Gasteiger partial charge in [0.25, 0.3) is 0 Å². The molecule has 0 saturated carbocycles. The summed E-state index contributed by atoms with van der Waals surface area (Å²) in [4.78, 5) is 0. The minimum Gasteiger partial charge on any atom is -0.382 e. The number of benzene rings is 1. The summed E-state index contributed by atoms with van der Waals surface area (Å²) in [5, 5.41) is 3.53. The van der Waals surface area contributed by atoms with Crippen LogP contribution in [0.15, 0.2) is 41.1 Å². The van der Waals surface area contributed by atoms with E-state index in [1.54, 1.807) is 25.1 Å². The van der Waals surface area contributed by atoms with Gasteiger partial charge in [0, 0.05) is 6.07 Å². The Labute approximate surface area is 99.1 Å². The first kappa shape index (κ1) is 11.7. The van der Waals surface area contributed by atoms with Gasteiger partial charge >= 0.3 is 10.1 Å². The van der Waals surface area contributed by atoms with Gasteiger partial charge in [0.2, 0.25) is 0 Å².